The molecule has 0 spiro atoms. The van der Waals surface area contributed by atoms with Crippen LogP contribution in [0.3, 0.4) is 0 Å². The van der Waals surface area contributed by atoms with Gasteiger partial charge in [-0.2, -0.15) is 8.75 Å². The highest BCUT2D eigenvalue weighted by atomic mass is 32.1. The molecule has 5 rings (SSSR count). The quantitative estimate of drug-likeness (QED) is 0.0674. The Balaban J connectivity index is 1.19. The number of carbonyl (C=O) groups excluding carboxylic acids is 3. The largest absolute Gasteiger partial charge is 0.333 e. The molecule has 9 nitrogen and oxygen atoms in total. The molecule has 0 atom stereocenters. The summed E-state index contributed by atoms with van der Waals surface area (Å²) in [5.41, 5.74) is 7.19. The fourth-order valence-electron chi connectivity index (χ4n) is 4.83. The number of carbonyl (C=O) groups is 3. The molecule has 0 unspecified atom stereocenters. The molecule has 45 heavy (non-hydrogen) atoms. The van der Waals surface area contributed by atoms with E-state index in [-0.39, 0.29) is 19.3 Å². The number of aliphatic imine (C=N–C) groups is 1. The predicted molar refractivity (Wildman–Crippen MR) is 177 cm³/mol. The van der Waals surface area contributed by atoms with Gasteiger partial charge in [-0.25, -0.2) is 9.78 Å². The molecule has 3 heterocycles. The normalized spacial score (nSPS) is 14.2. The van der Waals surface area contributed by atoms with Crippen molar-refractivity contribution in [2.75, 3.05) is 6.54 Å². The summed E-state index contributed by atoms with van der Waals surface area (Å²) in [5, 5.41) is 0.588. The van der Waals surface area contributed by atoms with E-state index in [4.69, 9.17) is 9.82 Å². The molecule has 2 aromatic carbocycles. The average molecular weight is 620 g/mol. The number of imide groups is 1. The molecule has 0 aliphatic carbocycles. The Kier molecular flexibility index (Phi) is 10.9. The van der Waals surface area contributed by atoms with Crippen LogP contribution in [0.25, 0.3) is 39.5 Å². The maximum absolute atomic E-state index is 11.9. The van der Waals surface area contributed by atoms with Crippen LogP contribution in [0, 0.1) is 0 Å². The SMILES string of the molecule is C/C=C(\C=C/C=N/CCCCCC(=O)ON1C(=O)CCC1=O)/C=C/c1nc(-c2ccccc2)c2nsnc2c1-c1ccccc1. The Labute approximate surface area is 266 Å². The highest BCUT2D eigenvalue weighted by Crippen LogP contribution is 2.36. The Hall–Kier alpha value is -5.09. The highest BCUT2D eigenvalue weighted by Gasteiger charge is 2.32. The van der Waals surface area contributed by atoms with Gasteiger partial charge in [-0.3, -0.25) is 14.6 Å². The molecule has 10 heteroatoms. The summed E-state index contributed by atoms with van der Waals surface area (Å²) in [5.74, 6) is -1.50. The van der Waals surface area contributed by atoms with Crippen LogP contribution in [0.2, 0.25) is 0 Å². The van der Waals surface area contributed by atoms with Crippen LogP contribution in [-0.2, 0) is 19.2 Å². The van der Waals surface area contributed by atoms with Gasteiger partial charge in [0.2, 0.25) is 0 Å². The second-order valence-electron chi connectivity index (χ2n) is 10.3. The molecule has 4 aromatic rings. The Bertz CT molecular complexity index is 1760. The lowest BCUT2D eigenvalue weighted by molar-refractivity contribution is -0.197. The van der Waals surface area contributed by atoms with Crippen LogP contribution < -0.4 is 0 Å². The van der Waals surface area contributed by atoms with Crippen LogP contribution >= 0.6 is 11.7 Å². The number of pyridine rings is 1. The van der Waals surface area contributed by atoms with E-state index in [1.807, 2.05) is 85.8 Å². The van der Waals surface area contributed by atoms with Crippen molar-refractivity contribution >= 4 is 52.8 Å². The third-order valence-electron chi connectivity index (χ3n) is 7.16. The zero-order valence-corrected chi connectivity index (χ0v) is 25.8. The third kappa shape index (κ3) is 8.10. The Morgan fingerprint density at radius 1 is 0.911 bits per heavy atom. The van der Waals surface area contributed by atoms with Gasteiger partial charge < -0.3 is 4.84 Å². The number of amides is 2. The molecule has 1 fully saturated rings. The van der Waals surface area contributed by atoms with Crippen LogP contribution in [-0.4, -0.2) is 49.3 Å². The van der Waals surface area contributed by atoms with Gasteiger partial charge in [0.15, 0.2) is 0 Å². The monoisotopic (exact) mass is 619 g/mol. The van der Waals surface area contributed by atoms with Crippen LogP contribution in [0.5, 0.6) is 0 Å². The van der Waals surface area contributed by atoms with Crippen LogP contribution in [0.15, 0.2) is 95.5 Å². The van der Waals surface area contributed by atoms with E-state index in [1.54, 1.807) is 6.21 Å². The summed E-state index contributed by atoms with van der Waals surface area (Å²) >= 11 is 1.19. The molecule has 0 bridgehead atoms. The lowest BCUT2D eigenvalue weighted by Gasteiger charge is -2.12. The van der Waals surface area contributed by atoms with Crippen molar-refractivity contribution in [2.45, 2.75) is 45.4 Å². The molecular weight excluding hydrogens is 586 g/mol. The van der Waals surface area contributed by atoms with Crippen molar-refractivity contribution in [3.05, 3.63) is 96.2 Å². The first-order valence-corrected chi connectivity index (χ1v) is 15.6. The van der Waals surface area contributed by atoms with E-state index in [2.05, 4.69) is 25.9 Å². The van der Waals surface area contributed by atoms with E-state index >= 15 is 0 Å². The van der Waals surface area contributed by atoms with E-state index < -0.39 is 17.8 Å². The number of aromatic nitrogens is 3. The summed E-state index contributed by atoms with van der Waals surface area (Å²) in [6.45, 7) is 2.61. The number of hydroxylamine groups is 2. The van der Waals surface area contributed by atoms with Gasteiger partial charge in [-0.05, 0) is 43.1 Å². The maximum atomic E-state index is 11.9. The van der Waals surface area contributed by atoms with Crippen LogP contribution in [0.1, 0.15) is 51.1 Å². The number of fused-ring (bicyclic) bond motifs is 1. The number of rotatable bonds is 13. The molecule has 1 saturated heterocycles. The minimum atomic E-state index is -0.567. The lowest BCUT2D eigenvalue weighted by Crippen LogP contribution is -2.31. The van der Waals surface area contributed by atoms with Gasteiger partial charge in [0.25, 0.3) is 11.8 Å². The number of benzene rings is 2. The van der Waals surface area contributed by atoms with E-state index in [1.165, 1.54) is 11.7 Å². The first kappa shape index (κ1) is 31.3. The van der Waals surface area contributed by atoms with Crippen LogP contribution in [0.4, 0.5) is 0 Å². The summed E-state index contributed by atoms with van der Waals surface area (Å²) < 4.78 is 9.29. The number of hydrogen-bond donors (Lipinski definition) is 0. The number of allylic oxidation sites excluding steroid dienone is 5. The molecule has 2 amide bonds. The summed E-state index contributed by atoms with van der Waals surface area (Å²) in [6.07, 6.45) is 14.2. The molecule has 228 valence electrons. The van der Waals surface area contributed by atoms with Gasteiger partial charge in [-0.15, -0.1) is 5.06 Å². The van der Waals surface area contributed by atoms with E-state index in [9.17, 15) is 14.4 Å². The van der Waals surface area contributed by atoms with E-state index in [0.717, 1.165) is 57.5 Å². The molecule has 2 aromatic heterocycles. The van der Waals surface area contributed by atoms with Crippen molar-refractivity contribution in [1.29, 1.82) is 0 Å². The number of nitrogens with zero attached hydrogens (tertiary/aromatic N) is 5. The fourth-order valence-corrected chi connectivity index (χ4v) is 5.39. The zero-order valence-electron chi connectivity index (χ0n) is 25.0. The molecule has 1 aliphatic rings. The van der Waals surface area contributed by atoms with Crippen molar-refractivity contribution in [3.63, 3.8) is 0 Å². The summed E-state index contributed by atoms with van der Waals surface area (Å²) in [4.78, 5) is 49.4. The smallest absolute Gasteiger partial charge is 0.330 e. The number of unbranched alkanes of at least 4 members (excludes halogenated alkanes) is 2. The molecule has 0 N–H and O–H groups in total. The second kappa shape index (κ2) is 15.6. The topological polar surface area (TPSA) is 115 Å². The van der Waals surface area contributed by atoms with E-state index in [0.29, 0.717) is 18.0 Å². The van der Waals surface area contributed by atoms with Crippen molar-refractivity contribution in [3.8, 4) is 22.4 Å². The average Bonchev–Trinajstić information content (AvgIpc) is 3.68. The molecule has 1 aliphatic heterocycles. The summed E-state index contributed by atoms with van der Waals surface area (Å²) in [6, 6.07) is 20.2. The first-order valence-electron chi connectivity index (χ1n) is 14.9. The van der Waals surface area contributed by atoms with Crippen molar-refractivity contribution in [2.24, 2.45) is 4.99 Å². The predicted octanol–water partition coefficient (Wildman–Crippen LogP) is 7.17. The summed E-state index contributed by atoms with van der Waals surface area (Å²) in [7, 11) is 0. The van der Waals surface area contributed by atoms with Gasteiger partial charge in [0.1, 0.15) is 11.0 Å². The third-order valence-corrected chi connectivity index (χ3v) is 7.69. The van der Waals surface area contributed by atoms with Gasteiger partial charge in [0.05, 0.1) is 23.1 Å². The van der Waals surface area contributed by atoms with Gasteiger partial charge in [0, 0.05) is 43.1 Å². The second-order valence-corrected chi connectivity index (χ2v) is 10.8. The zero-order chi connectivity index (χ0) is 31.4. The maximum Gasteiger partial charge on any atom is 0.333 e. The Morgan fingerprint density at radius 3 is 2.31 bits per heavy atom. The Morgan fingerprint density at radius 2 is 1.60 bits per heavy atom. The fraction of sp³-hybridized carbons (Fsp3) is 0.229. The molecule has 0 radical (unpaired) electrons. The first-order chi connectivity index (χ1) is 22.0. The highest BCUT2D eigenvalue weighted by molar-refractivity contribution is 7.00. The molecule has 0 saturated carbocycles. The van der Waals surface area contributed by atoms with Gasteiger partial charge in [-0.1, -0.05) is 85.3 Å². The molecular formula is C35H33N5O4S. The van der Waals surface area contributed by atoms with Crippen molar-refractivity contribution in [1.82, 2.24) is 18.8 Å². The standard InChI is InChI=1S/C35H33N5O4S/c1-2-25(13-12-24-36-23-11-5-10-18-31(43)44-40-29(41)21-22-30(40)42)19-20-28-32(26-14-6-3-7-15-26)34-35(39-45-38-34)33(37-28)27-16-8-4-9-17-27/h2-4,6-9,12-17,19-20,24H,5,10-11,18,21-23H2,1H3/b13-12-,20-19+,25-2+,36-24+. The minimum Gasteiger partial charge on any atom is -0.330 e. The minimum absolute atomic E-state index is 0.0910. The van der Waals surface area contributed by atoms with Gasteiger partial charge >= 0.3 is 5.97 Å². The number of hydrogen-bond acceptors (Lipinski definition) is 9. The van der Waals surface area contributed by atoms with Crippen molar-refractivity contribution < 1.29 is 19.2 Å². The lowest BCUT2D eigenvalue weighted by atomic mass is 9.99.